The molecule has 110 valence electrons. The van der Waals surface area contributed by atoms with Gasteiger partial charge in [-0.15, -0.1) is 0 Å². The van der Waals surface area contributed by atoms with Crippen LogP contribution in [0.4, 0.5) is 4.39 Å². The number of carboxylic acids is 1. The van der Waals surface area contributed by atoms with Crippen LogP contribution in [0.25, 0.3) is 0 Å². The van der Waals surface area contributed by atoms with Crippen molar-refractivity contribution in [2.45, 2.75) is 6.61 Å². The van der Waals surface area contributed by atoms with Crippen LogP contribution in [0.2, 0.25) is 0 Å². The van der Waals surface area contributed by atoms with Gasteiger partial charge in [-0.25, -0.2) is 9.18 Å². The van der Waals surface area contributed by atoms with Gasteiger partial charge in [0, 0.05) is 6.07 Å². The number of ether oxygens (including phenoxy) is 2. The van der Waals surface area contributed by atoms with Crippen molar-refractivity contribution in [2.24, 2.45) is 0 Å². The first-order valence-corrected chi connectivity index (χ1v) is 6.78. The average molecular weight is 355 g/mol. The minimum atomic E-state index is -1.06. The molecule has 0 spiro atoms. The van der Waals surface area contributed by atoms with Crippen LogP contribution in [-0.2, 0) is 6.61 Å². The molecule has 0 atom stereocenters. The van der Waals surface area contributed by atoms with Gasteiger partial charge < -0.3 is 14.6 Å². The topological polar surface area (TPSA) is 55.8 Å². The van der Waals surface area contributed by atoms with Gasteiger partial charge in [0.15, 0.2) is 0 Å². The van der Waals surface area contributed by atoms with Crippen molar-refractivity contribution in [3.05, 3.63) is 57.8 Å². The molecule has 0 aliphatic carbocycles. The Morgan fingerprint density at radius 3 is 2.67 bits per heavy atom. The number of halogens is 2. The van der Waals surface area contributed by atoms with Gasteiger partial charge in [-0.2, -0.15) is 0 Å². The summed E-state index contributed by atoms with van der Waals surface area (Å²) in [6.45, 7) is 0.178. The third kappa shape index (κ3) is 3.72. The Labute approximate surface area is 129 Å². The largest absolute Gasteiger partial charge is 0.496 e. The molecule has 21 heavy (non-hydrogen) atoms. The molecule has 0 unspecified atom stereocenters. The molecule has 2 aromatic rings. The van der Waals surface area contributed by atoms with Crippen LogP contribution in [-0.4, -0.2) is 18.2 Å². The lowest BCUT2D eigenvalue weighted by Crippen LogP contribution is -2.03. The Kier molecular flexibility index (Phi) is 4.80. The number of aromatic carboxylic acids is 1. The van der Waals surface area contributed by atoms with Crippen LogP contribution in [0.1, 0.15) is 15.9 Å². The highest BCUT2D eigenvalue weighted by atomic mass is 79.9. The van der Waals surface area contributed by atoms with Gasteiger partial charge in [0.2, 0.25) is 0 Å². The standard InChI is InChI=1S/C15H12BrFO4/c1-20-14-6-9(2-4-11(14)15(18)19)8-21-10-3-5-12(16)13(17)7-10/h2-7H,8H2,1H3,(H,18,19). The van der Waals surface area contributed by atoms with Crippen molar-refractivity contribution in [1.29, 1.82) is 0 Å². The molecule has 0 fully saturated rings. The van der Waals surface area contributed by atoms with Crippen LogP contribution in [0, 0.1) is 5.82 Å². The van der Waals surface area contributed by atoms with E-state index < -0.39 is 11.8 Å². The molecule has 0 aromatic heterocycles. The maximum Gasteiger partial charge on any atom is 0.339 e. The summed E-state index contributed by atoms with van der Waals surface area (Å²) < 4.78 is 24.2. The molecule has 4 nitrogen and oxygen atoms in total. The lowest BCUT2D eigenvalue weighted by atomic mass is 10.1. The molecule has 0 saturated carbocycles. The molecule has 0 bridgehead atoms. The minimum Gasteiger partial charge on any atom is -0.496 e. The summed E-state index contributed by atoms with van der Waals surface area (Å²) in [5.41, 5.74) is 0.802. The molecular formula is C15H12BrFO4. The highest BCUT2D eigenvalue weighted by Crippen LogP contribution is 2.24. The van der Waals surface area contributed by atoms with E-state index in [-0.39, 0.29) is 17.9 Å². The van der Waals surface area contributed by atoms with Gasteiger partial charge in [0.1, 0.15) is 29.5 Å². The molecule has 1 N–H and O–H groups in total. The maximum absolute atomic E-state index is 13.4. The number of carbonyl (C=O) groups is 1. The Morgan fingerprint density at radius 1 is 1.29 bits per heavy atom. The summed E-state index contributed by atoms with van der Waals surface area (Å²) >= 11 is 3.06. The molecule has 0 heterocycles. The van der Waals surface area contributed by atoms with E-state index in [0.29, 0.717) is 10.2 Å². The zero-order valence-electron chi connectivity index (χ0n) is 11.1. The van der Waals surface area contributed by atoms with Crippen molar-refractivity contribution < 1.29 is 23.8 Å². The SMILES string of the molecule is COc1cc(COc2ccc(Br)c(F)c2)ccc1C(=O)O. The van der Waals surface area contributed by atoms with E-state index >= 15 is 0 Å². The fourth-order valence-electron chi connectivity index (χ4n) is 1.74. The second-order valence-corrected chi connectivity index (χ2v) is 5.06. The van der Waals surface area contributed by atoms with Crippen molar-refractivity contribution in [3.63, 3.8) is 0 Å². The molecule has 0 saturated heterocycles. The van der Waals surface area contributed by atoms with E-state index in [2.05, 4.69) is 15.9 Å². The normalized spacial score (nSPS) is 10.2. The molecule has 0 radical (unpaired) electrons. The average Bonchev–Trinajstić information content (AvgIpc) is 2.48. The quantitative estimate of drug-likeness (QED) is 0.885. The summed E-state index contributed by atoms with van der Waals surface area (Å²) in [6, 6.07) is 9.11. The first-order valence-electron chi connectivity index (χ1n) is 5.99. The van der Waals surface area contributed by atoms with Crippen molar-refractivity contribution in [3.8, 4) is 11.5 Å². The van der Waals surface area contributed by atoms with E-state index in [1.165, 1.54) is 19.2 Å². The lowest BCUT2D eigenvalue weighted by molar-refractivity contribution is 0.0693. The zero-order chi connectivity index (χ0) is 15.4. The molecule has 2 aromatic carbocycles. The van der Waals surface area contributed by atoms with Gasteiger partial charge in [-0.3, -0.25) is 0 Å². The summed E-state index contributed by atoms with van der Waals surface area (Å²) in [7, 11) is 1.40. The number of methoxy groups -OCH3 is 1. The van der Waals surface area contributed by atoms with E-state index in [4.69, 9.17) is 14.6 Å². The second kappa shape index (κ2) is 6.58. The van der Waals surface area contributed by atoms with Gasteiger partial charge in [0.05, 0.1) is 11.6 Å². The Balaban J connectivity index is 2.13. The lowest BCUT2D eigenvalue weighted by Gasteiger charge is -2.10. The van der Waals surface area contributed by atoms with Crippen LogP contribution in [0.3, 0.4) is 0 Å². The fourth-order valence-corrected chi connectivity index (χ4v) is 1.98. The number of rotatable bonds is 5. The van der Waals surface area contributed by atoms with Gasteiger partial charge in [-0.1, -0.05) is 6.07 Å². The predicted molar refractivity (Wildman–Crippen MR) is 78.4 cm³/mol. The number of carboxylic acid groups (broad SMARTS) is 1. The Bertz CT molecular complexity index is 673. The fraction of sp³-hybridized carbons (Fsp3) is 0.133. The minimum absolute atomic E-state index is 0.0796. The summed E-state index contributed by atoms with van der Waals surface area (Å²) in [5.74, 6) is -0.830. The molecule has 0 aliphatic heterocycles. The van der Waals surface area contributed by atoms with Crippen molar-refractivity contribution >= 4 is 21.9 Å². The molecular weight excluding hydrogens is 343 g/mol. The van der Waals surface area contributed by atoms with Gasteiger partial charge >= 0.3 is 5.97 Å². The number of hydrogen-bond acceptors (Lipinski definition) is 3. The van der Waals surface area contributed by atoms with Crippen molar-refractivity contribution in [2.75, 3.05) is 7.11 Å². The summed E-state index contributed by atoms with van der Waals surface area (Å²) in [6.07, 6.45) is 0. The third-order valence-electron chi connectivity index (χ3n) is 2.79. The van der Waals surface area contributed by atoms with E-state index in [1.807, 2.05) is 0 Å². The van der Waals surface area contributed by atoms with E-state index in [9.17, 15) is 9.18 Å². The highest BCUT2D eigenvalue weighted by molar-refractivity contribution is 9.10. The molecule has 2 rings (SSSR count). The van der Waals surface area contributed by atoms with E-state index in [1.54, 1.807) is 24.3 Å². The summed E-state index contributed by atoms with van der Waals surface area (Å²) in [4.78, 5) is 11.0. The number of benzene rings is 2. The molecule has 6 heteroatoms. The number of hydrogen-bond donors (Lipinski definition) is 1. The van der Waals surface area contributed by atoms with Gasteiger partial charge in [0.25, 0.3) is 0 Å². The zero-order valence-corrected chi connectivity index (χ0v) is 12.7. The van der Waals surface area contributed by atoms with Crippen LogP contribution in [0.5, 0.6) is 11.5 Å². The predicted octanol–water partition coefficient (Wildman–Crippen LogP) is 3.87. The van der Waals surface area contributed by atoms with Crippen molar-refractivity contribution in [1.82, 2.24) is 0 Å². The first kappa shape index (κ1) is 15.3. The third-order valence-corrected chi connectivity index (χ3v) is 3.44. The highest BCUT2D eigenvalue weighted by Gasteiger charge is 2.11. The second-order valence-electron chi connectivity index (χ2n) is 4.20. The van der Waals surface area contributed by atoms with Gasteiger partial charge in [-0.05, 0) is 45.8 Å². The maximum atomic E-state index is 13.4. The van der Waals surface area contributed by atoms with Crippen LogP contribution >= 0.6 is 15.9 Å². The molecule has 0 amide bonds. The molecule has 0 aliphatic rings. The monoisotopic (exact) mass is 354 g/mol. The van der Waals surface area contributed by atoms with Crippen LogP contribution < -0.4 is 9.47 Å². The first-order chi connectivity index (χ1) is 10.0. The smallest absolute Gasteiger partial charge is 0.339 e. The Hall–Kier alpha value is -2.08. The Morgan fingerprint density at radius 2 is 2.05 bits per heavy atom. The van der Waals surface area contributed by atoms with E-state index in [0.717, 1.165) is 5.56 Å². The van der Waals surface area contributed by atoms with Crippen LogP contribution in [0.15, 0.2) is 40.9 Å². The summed E-state index contributed by atoms with van der Waals surface area (Å²) in [5, 5.41) is 8.99.